The van der Waals surface area contributed by atoms with E-state index in [1.54, 1.807) is 18.7 Å². The van der Waals surface area contributed by atoms with E-state index in [-0.39, 0.29) is 12.0 Å². The van der Waals surface area contributed by atoms with Gasteiger partial charge in [-0.25, -0.2) is 24.6 Å². The van der Waals surface area contributed by atoms with Crippen LogP contribution >= 0.6 is 0 Å². The van der Waals surface area contributed by atoms with Crippen molar-refractivity contribution in [2.45, 2.75) is 57.7 Å². The maximum Gasteiger partial charge on any atom is 0.229 e. The van der Waals surface area contributed by atoms with Crippen molar-refractivity contribution in [2.24, 2.45) is 0 Å². The molecule has 4 aromatic heterocycles. The Morgan fingerprint density at radius 2 is 1.84 bits per heavy atom. The van der Waals surface area contributed by atoms with Gasteiger partial charge in [0, 0.05) is 24.2 Å². The van der Waals surface area contributed by atoms with Gasteiger partial charge in [-0.1, -0.05) is 24.3 Å². The lowest BCUT2D eigenvalue weighted by molar-refractivity contribution is 0.291. The minimum absolute atomic E-state index is 0.0266. The van der Waals surface area contributed by atoms with Gasteiger partial charge in [0.15, 0.2) is 11.5 Å². The van der Waals surface area contributed by atoms with Crippen molar-refractivity contribution in [3.05, 3.63) is 60.4 Å². The molecule has 186 valence electrons. The second-order valence-corrected chi connectivity index (χ2v) is 9.71. The third-order valence-electron chi connectivity index (χ3n) is 6.86. The molecule has 10 heteroatoms. The molecular formula is C27H26N8O2. The first-order valence-corrected chi connectivity index (χ1v) is 12.7. The van der Waals surface area contributed by atoms with Gasteiger partial charge >= 0.3 is 0 Å². The Morgan fingerprint density at radius 3 is 2.59 bits per heavy atom. The van der Waals surface area contributed by atoms with E-state index in [0.29, 0.717) is 24.2 Å². The summed E-state index contributed by atoms with van der Waals surface area (Å²) in [5.41, 5.74) is 4.56. The second-order valence-electron chi connectivity index (χ2n) is 9.71. The van der Waals surface area contributed by atoms with E-state index < -0.39 is 0 Å². The number of fused-ring (bicyclic) bond motifs is 1. The van der Waals surface area contributed by atoms with Crippen molar-refractivity contribution < 1.29 is 9.84 Å². The van der Waals surface area contributed by atoms with Gasteiger partial charge in [0.25, 0.3) is 0 Å². The van der Waals surface area contributed by atoms with Gasteiger partial charge in [-0.3, -0.25) is 0 Å². The van der Waals surface area contributed by atoms with Gasteiger partial charge in [0.05, 0.1) is 30.0 Å². The molecule has 0 radical (unpaired) electrons. The number of aromatic nitrogens is 8. The van der Waals surface area contributed by atoms with Gasteiger partial charge in [-0.2, -0.15) is 10.1 Å². The highest BCUT2D eigenvalue weighted by atomic mass is 16.5. The van der Waals surface area contributed by atoms with Crippen molar-refractivity contribution in [2.75, 3.05) is 0 Å². The molecule has 0 saturated heterocycles. The zero-order chi connectivity index (χ0) is 24.9. The number of ether oxygens (including phenoxy) is 1. The van der Waals surface area contributed by atoms with Crippen molar-refractivity contribution in [1.29, 1.82) is 0 Å². The van der Waals surface area contributed by atoms with Crippen LogP contribution in [0.2, 0.25) is 0 Å². The third-order valence-corrected chi connectivity index (χ3v) is 6.86. The molecule has 0 atom stereocenters. The van der Waals surface area contributed by atoms with Crippen molar-refractivity contribution in [3.63, 3.8) is 0 Å². The van der Waals surface area contributed by atoms with Gasteiger partial charge in [0.1, 0.15) is 23.8 Å². The summed E-state index contributed by atoms with van der Waals surface area (Å²) < 4.78 is 9.95. The van der Waals surface area contributed by atoms with Crippen molar-refractivity contribution in [1.82, 2.24) is 39.3 Å². The summed E-state index contributed by atoms with van der Waals surface area (Å²) in [6, 6.07) is 8.13. The Kier molecular flexibility index (Phi) is 5.12. The van der Waals surface area contributed by atoms with E-state index in [1.165, 1.54) is 0 Å². The molecule has 1 aromatic carbocycles. The van der Waals surface area contributed by atoms with Crippen LogP contribution < -0.4 is 4.74 Å². The van der Waals surface area contributed by atoms with E-state index in [4.69, 9.17) is 9.72 Å². The summed E-state index contributed by atoms with van der Waals surface area (Å²) in [5.74, 6) is 2.34. The fourth-order valence-electron chi connectivity index (χ4n) is 4.60. The molecule has 5 aromatic rings. The molecule has 7 rings (SSSR count). The molecule has 0 unspecified atom stereocenters. The van der Waals surface area contributed by atoms with E-state index in [9.17, 15) is 5.11 Å². The number of aryl methyl sites for hydroxylation is 1. The number of hydrogen-bond acceptors (Lipinski definition) is 8. The molecule has 0 bridgehead atoms. The predicted octanol–water partition coefficient (Wildman–Crippen LogP) is 4.34. The molecule has 0 amide bonds. The van der Waals surface area contributed by atoms with Gasteiger partial charge in [-0.05, 0) is 38.2 Å². The molecule has 2 fully saturated rings. The number of aromatic hydroxyl groups is 1. The Balaban J connectivity index is 1.22. The molecule has 1 N–H and O–H groups in total. The number of benzene rings is 1. The zero-order valence-corrected chi connectivity index (χ0v) is 20.4. The minimum atomic E-state index is 0.0266. The highest BCUT2D eigenvalue weighted by Crippen LogP contribution is 2.45. The summed E-state index contributed by atoms with van der Waals surface area (Å²) >= 11 is 0. The molecule has 0 aliphatic heterocycles. The van der Waals surface area contributed by atoms with E-state index in [2.05, 4.69) is 37.2 Å². The standard InChI is InChI=1S/C27H26N8O2/c1-2-34-14-21(36)32-25(34)18-5-3-16(4-6-18)13-35-26-19(12-31-35)11-28-24(33-26)22-23(17-7-8-17)29-15-30-27(22)37-20-9-10-20/h3-6,11-12,14-15,17,20,36H,2,7-10,13H2,1H3. The van der Waals surface area contributed by atoms with E-state index in [0.717, 1.165) is 71.5 Å². The van der Waals surface area contributed by atoms with E-state index in [1.807, 2.05) is 34.5 Å². The first-order chi connectivity index (χ1) is 18.2. The van der Waals surface area contributed by atoms with Gasteiger partial charge < -0.3 is 14.4 Å². The van der Waals surface area contributed by atoms with Crippen LogP contribution in [0.3, 0.4) is 0 Å². The summed E-state index contributed by atoms with van der Waals surface area (Å²) in [7, 11) is 0. The van der Waals surface area contributed by atoms with Crippen LogP contribution in [-0.2, 0) is 13.1 Å². The normalized spacial score (nSPS) is 15.4. The molecule has 37 heavy (non-hydrogen) atoms. The van der Waals surface area contributed by atoms with Crippen molar-refractivity contribution in [3.8, 4) is 34.5 Å². The summed E-state index contributed by atoms with van der Waals surface area (Å²) in [5, 5.41) is 15.3. The second kappa shape index (κ2) is 8.65. The number of hydrogen-bond donors (Lipinski definition) is 1. The minimum Gasteiger partial charge on any atom is -0.492 e. The highest BCUT2D eigenvalue weighted by molar-refractivity contribution is 5.77. The monoisotopic (exact) mass is 494 g/mol. The average Bonchev–Trinajstić information content (AvgIpc) is 3.85. The van der Waals surface area contributed by atoms with Crippen molar-refractivity contribution >= 4 is 11.0 Å². The molecular weight excluding hydrogens is 468 g/mol. The fourth-order valence-corrected chi connectivity index (χ4v) is 4.60. The summed E-state index contributed by atoms with van der Waals surface area (Å²) in [6.45, 7) is 3.31. The maximum absolute atomic E-state index is 9.80. The lowest BCUT2D eigenvalue weighted by atomic mass is 10.1. The molecule has 4 heterocycles. The summed E-state index contributed by atoms with van der Waals surface area (Å²) in [6.07, 6.45) is 11.4. The highest BCUT2D eigenvalue weighted by Gasteiger charge is 2.33. The third kappa shape index (κ3) is 4.18. The Hall–Kier alpha value is -4.34. The summed E-state index contributed by atoms with van der Waals surface area (Å²) in [4.78, 5) is 22.9. The van der Waals surface area contributed by atoms with Crippen LogP contribution in [0, 0.1) is 0 Å². The fraction of sp³-hybridized carbons (Fsp3) is 0.333. The molecule has 2 aliphatic rings. The van der Waals surface area contributed by atoms with E-state index >= 15 is 0 Å². The van der Waals surface area contributed by atoms with Crippen LogP contribution in [0.5, 0.6) is 11.8 Å². The largest absolute Gasteiger partial charge is 0.492 e. The maximum atomic E-state index is 9.80. The molecule has 0 spiro atoms. The molecule has 2 aliphatic carbocycles. The predicted molar refractivity (Wildman–Crippen MR) is 136 cm³/mol. The topological polar surface area (TPSA) is 117 Å². The van der Waals surface area contributed by atoms with Crippen LogP contribution in [-0.4, -0.2) is 50.5 Å². The first-order valence-electron chi connectivity index (χ1n) is 12.7. The van der Waals surface area contributed by atoms with Crippen LogP contribution in [0.25, 0.3) is 33.8 Å². The smallest absolute Gasteiger partial charge is 0.229 e. The quantitative estimate of drug-likeness (QED) is 0.339. The first kappa shape index (κ1) is 21.9. The van der Waals surface area contributed by atoms with Crippen LogP contribution in [0.4, 0.5) is 0 Å². The van der Waals surface area contributed by atoms with Gasteiger partial charge in [-0.15, -0.1) is 0 Å². The lowest BCUT2D eigenvalue weighted by Crippen LogP contribution is -2.07. The zero-order valence-electron chi connectivity index (χ0n) is 20.4. The molecule has 2 saturated carbocycles. The number of nitrogens with zero attached hydrogens (tertiary/aromatic N) is 8. The average molecular weight is 495 g/mol. The number of rotatable bonds is 8. The SMILES string of the molecule is CCn1cc(O)nc1-c1ccc(Cn2ncc3cnc(-c4c(OC5CC5)ncnc4C4CC4)nc32)cc1. The Labute approximate surface area is 213 Å². The Bertz CT molecular complexity index is 1600. The van der Waals surface area contributed by atoms with Crippen LogP contribution in [0.15, 0.2) is 49.2 Å². The lowest BCUT2D eigenvalue weighted by Gasteiger charge is -2.12. The van der Waals surface area contributed by atoms with Gasteiger partial charge in [0.2, 0.25) is 11.8 Å². The number of imidazole rings is 1. The molecule has 10 nitrogen and oxygen atoms in total. The van der Waals surface area contributed by atoms with Crippen LogP contribution in [0.1, 0.15) is 49.8 Å². The Morgan fingerprint density at radius 1 is 1.00 bits per heavy atom.